The predicted molar refractivity (Wildman–Crippen MR) is 67.8 cm³/mol. The Balaban J connectivity index is 2.95. The van der Waals surface area contributed by atoms with E-state index in [1.54, 1.807) is 6.07 Å². The van der Waals surface area contributed by atoms with Crippen molar-refractivity contribution in [2.24, 2.45) is 0 Å². The molecule has 1 aromatic carbocycles. The normalized spacial score (nSPS) is 12.8. The van der Waals surface area contributed by atoms with Gasteiger partial charge in [0.15, 0.2) is 6.10 Å². The second kappa shape index (κ2) is 5.82. The zero-order chi connectivity index (χ0) is 14.6. The molecule has 0 N–H and O–H groups in total. The van der Waals surface area contributed by atoms with Crippen LogP contribution in [0.25, 0.3) is 0 Å². The maximum absolute atomic E-state index is 11.8. The van der Waals surface area contributed by atoms with Crippen molar-refractivity contribution in [3.8, 4) is 6.07 Å². The molecule has 1 atom stereocenters. The van der Waals surface area contributed by atoms with Gasteiger partial charge in [0.25, 0.3) is 0 Å². The molecule has 19 heavy (non-hydrogen) atoms. The van der Waals surface area contributed by atoms with Gasteiger partial charge in [0.2, 0.25) is 10.0 Å². The second-order valence-electron chi connectivity index (χ2n) is 3.99. The van der Waals surface area contributed by atoms with E-state index in [1.807, 2.05) is 0 Å². The first-order valence-electron chi connectivity index (χ1n) is 5.42. The zero-order valence-electron chi connectivity index (χ0n) is 10.8. The number of carbonyl (C=O) groups is 1. The number of sulfonamides is 1. The van der Waals surface area contributed by atoms with Crippen LogP contribution in [-0.2, 0) is 14.8 Å². The number of nitriles is 1. The van der Waals surface area contributed by atoms with E-state index in [0.29, 0.717) is 0 Å². The summed E-state index contributed by atoms with van der Waals surface area (Å²) in [4.78, 5) is 11.7. The lowest BCUT2D eigenvalue weighted by Gasteiger charge is -2.11. The van der Waals surface area contributed by atoms with E-state index in [4.69, 9.17) is 10.00 Å². The van der Waals surface area contributed by atoms with Crippen molar-refractivity contribution in [1.29, 1.82) is 5.26 Å². The number of esters is 1. The molecular weight excluding hydrogens is 268 g/mol. The van der Waals surface area contributed by atoms with Crippen LogP contribution in [0.15, 0.2) is 29.2 Å². The van der Waals surface area contributed by atoms with Crippen LogP contribution in [-0.4, -0.2) is 38.9 Å². The Hall–Kier alpha value is -1.91. The molecule has 0 bridgehead atoms. The van der Waals surface area contributed by atoms with Crippen molar-refractivity contribution in [3.05, 3.63) is 29.8 Å². The Labute approximate surface area is 112 Å². The molecule has 6 nitrogen and oxygen atoms in total. The third kappa shape index (κ3) is 3.53. The summed E-state index contributed by atoms with van der Waals surface area (Å²) in [5.74, 6) is -0.664. The maximum Gasteiger partial charge on any atom is 0.339 e. The molecule has 0 fully saturated rings. The molecule has 0 aliphatic rings. The average molecular weight is 282 g/mol. The number of rotatable bonds is 4. The highest BCUT2D eigenvalue weighted by Crippen LogP contribution is 2.14. The Morgan fingerprint density at radius 2 is 1.84 bits per heavy atom. The van der Waals surface area contributed by atoms with Crippen LogP contribution < -0.4 is 0 Å². The molecule has 102 valence electrons. The van der Waals surface area contributed by atoms with Gasteiger partial charge in [0, 0.05) is 14.1 Å². The SMILES string of the molecule is CC(C#N)OC(=O)c1ccc(S(=O)(=O)N(C)C)cc1. The predicted octanol–water partition coefficient (Wildman–Crippen LogP) is 1.01. The third-order valence-electron chi connectivity index (χ3n) is 2.33. The van der Waals surface area contributed by atoms with Crippen LogP contribution in [0.3, 0.4) is 0 Å². The quantitative estimate of drug-likeness (QED) is 0.769. The molecule has 1 unspecified atom stereocenters. The fourth-order valence-electron chi connectivity index (χ4n) is 1.23. The Bertz CT molecular complexity index is 600. The van der Waals surface area contributed by atoms with Crippen molar-refractivity contribution in [1.82, 2.24) is 4.31 Å². The lowest BCUT2D eigenvalue weighted by molar-refractivity contribution is 0.0435. The monoisotopic (exact) mass is 282 g/mol. The molecule has 0 aromatic heterocycles. The lowest BCUT2D eigenvalue weighted by Crippen LogP contribution is -2.22. The second-order valence-corrected chi connectivity index (χ2v) is 6.14. The van der Waals surface area contributed by atoms with E-state index in [1.165, 1.54) is 45.3 Å². The van der Waals surface area contributed by atoms with Crippen LogP contribution >= 0.6 is 0 Å². The summed E-state index contributed by atoms with van der Waals surface area (Å²) in [6, 6.07) is 7.12. The van der Waals surface area contributed by atoms with Gasteiger partial charge in [0.1, 0.15) is 6.07 Å². The van der Waals surface area contributed by atoms with Crippen molar-refractivity contribution in [2.75, 3.05) is 14.1 Å². The summed E-state index contributed by atoms with van der Waals surface area (Å²) in [6.45, 7) is 1.45. The highest BCUT2D eigenvalue weighted by molar-refractivity contribution is 7.89. The minimum atomic E-state index is -3.52. The number of hydrogen-bond donors (Lipinski definition) is 0. The minimum absolute atomic E-state index is 0.0855. The third-order valence-corrected chi connectivity index (χ3v) is 4.16. The Morgan fingerprint density at radius 1 is 1.32 bits per heavy atom. The van der Waals surface area contributed by atoms with Crippen LogP contribution in [0.1, 0.15) is 17.3 Å². The zero-order valence-corrected chi connectivity index (χ0v) is 11.6. The summed E-state index contributed by atoms with van der Waals surface area (Å²) >= 11 is 0. The van der Waals surface area contributed by atoms with Gasteiger partial charge in [-0.25, -0.2) is 17.5 Å². The average Bonchev–Trinajstić information content (AvgIpc) is 2.38. The van der Waals surface area contributed by atoms with E-state index in [-0.39, 0.29) is 10.5 Å². The van der Waals surface area contributed by atoms with Gasteiger partial charge >= 0.3 is 5.97 Å². The fourth-order valence-corrected chi connectivity index (χ4v) is 2.13. The van der Waals surface area contributed by atoms with Crippen LogP contribution in [0.2, 0.25) is 0 Å². The fraction of sp³-hybridized carbons (Fsp3) is 0.333. The topological polar surface area (TPSA) is 87.5 Å². The maximum atomic E-state index is 11.8. The molecule has 0 saturated heterocycles. The van der Waals surface area contributed by atoms with Gasteiger partial charge in [-0.15, -0.1) is 0 Å². The van der Waals surface area contributed by atoms with Crippen molar-refractivity contribution in [3.63, 3.8) is 0 Å². The van der Waals surface area contributed by atoms with E-state index < -0.39 is 22.1 Å². The van der Waals surface area contributed by atoms with Crippen LogP contribution in [0.4, 0.5) is 0 Å². The number of benzene rings is 1. The standard InChI is InChI=1S/C12H14N2O4S/c1-9(8-13)18-12(15)10-4-6-11(7-5-10)19(16,17)14(2)3/h4-7,9H,1-3H3. The number of ether oxygens (including phenoxy) is 1. The Morgan fingerprint density at radius 3 is 2.26 bits per heavy atom. The smallest absolute Gasteiger partial charge is 0.339 e. The van der Waals surface area contributed by atoms with Crippen molar-refractivity contribution >= 4 is 16.0 Å². The molecule has 1 aromatic rings. The molecule has 0 saturated carbocycles. The summed E-state index contributed by atoms with van der Waals surface area (Å²) < 4.78 is 29.5. The van der Waals surface area contributed by atoms with Crippen molar-refractivity contribution < 1.29 is 17.9 Å². The van der Waals surface area contributed by atoms with Crippen molar-refractivity contribution in [2.45, 2.75) is 17.9 Å². The minimum Gasteiger partial charge on any atom is -0.444 e. The highest BCUT2D eigenvalue weighted by Gasteiger charge is 2.18. The van der Waals surface area contributed by atoms with Gasteiger partial charge in [0.05, 0.1) is 10.5 Å². The number of nitrogens with zero attached hydrogens (tertiary/aromatic N) is 2. The molecular formula is C12H14N2O4S. The molecule has 0 spiro atoms. The largest absolute Gasteiger partial charge is 0.444 e. The van der Waals surface area contributed by atoms with Gasteiger partial charge in [-0.3, -0.25) is 0 Å². The molecule has 7 heteroatoms. The highest BCUT2D eigenvalue weighted by atomic mass is 32.2. The van der Waals surface area contributed by atoms with E-state index in [9.17, 15) is 13.2 Å². The summed E-state index contributed by atoms with van der Waals surface area (Å²) in [6.07, 6.45) is -0.849. The molecule has 0 amide bonds. The van der Waals surface area contributed by atoms with Gasteiger partial charge < -0.3 is 4.74 Å². The van der Waals surface area contributed by atoms with Gasteiger partial charge in [-0.1, -0.05) is 0 Å². The molecule has 0 radical (unpaired) electrons. The van der Waals surface area contributed by atoms with E-state index in [2.05, 4.69) is 0 Å². The summed E-state index contributed by atoms with van der Waals surface area (Å²) in [5.41, 5.74) is 0.194. The van der Waals surface area contributed by atoms with Crippen LogP contribution in [0, 0.1) is 11.3 Å². The number of hydrogen-bond acceptors (Lipinski definition) is 5. The first-order valence-corrected chi connectivity index (χ1v) is 6.86. The molecule has 0 aliphatic carbocycles. The summed E-state index contributed by atoms with van der Waals surface area (Å²) in [5, 5.41) is 8.53. The molecule has 0 heterocycles. The van der Waals surface area contributed by atoms with Crippen LogP contribution in [0.5, 0.6) is 0 Å². The van der Waals surface area contributed by atoms with Gasteiger partial charge in [-0.2, -0.15) is 5.26 Å². The summed E-state index contributed by atoms with van der Waals surface area (Å²) in [7, 11) is -0.673. The van der Waals surface area contributed by atoms with Gasteiger partial charge in [-0.05, 0) is 31.2 Å². The van der Waals surface area contributed by atoms with E-state index in [0.717, 1.165) is 4.31 Å². The Kier molecular flexibility index (Phi) is 4.64. The number of carbonyl (C=O) groups excluding carboxylic acids is 1. The van der Waals surface area contributed by atoms with E-state index >= 15 is 0 Å². The first kappa shape index (κ1) is 15.1. The molecule has 0 aliphatic heterocycles. The molecule has 1 rings (SSSR count). The first-order chi connectivity index (χ1) is 8.78. The lowest BCUT2D eigenvalue weighted by atomic mass is 10.2.